The Morgan fingerprint density at radius 3 is 2.88 bits per heavy atom. The summed E-state index contributed by atoms with van der Waals surface area (Å²) in [5.74, 6) is 0.475. The zero-order valence-corrected chi connectivity index (χ0v) is 14.9. The van der Waals surface area contributed by atoms with E-state index in [0.717, 1.165) is 6.42 Å². The molecule has 1 aliphatic rings. The van der Waals surface area contributed by atoms with Crippen molar-refractivity contribution in [2.75, 3.05) is 18.0 Å². The topological polar surface area (TPSA) is 99.9 Å². The van der Waals surface area contributed by atoms with Gasteiger partial charge in [-0.05, 0) is 38.8 Å². The van der Waals surface area contributed by atoms with E-state index in [4.69, 9.17) is 0 Å². The molecular weight excluding hydrogens is 332 g/mol. The number of aromatic amines is 1. The first-order valence-electron chi connectivity index (χ1n) is 8.85. The quantitative estimate of drug-likeness (QED) is 0.741. The Hall–Kier alpha value is -2.74. The average Bonchev–Trinajstić information content (AvgIpc) is 3.13. The van der Waals surface area contributed by atoms with Gasteiger partial charge in [-0.15, -0.1) is 5.10 Å². The van der Waals surface area contributed by atoms with Crippen LogP contribution in [0.1, 0.15) is 38.4 Å². The SMILES string of the molecule is CC(C)n1cc([C@]2(O)CCCN(c3nc4ccccc4c(=O)[nH]3)C2)nn1. The van der Waals surface area contributed by atoms with Gasteiger partial charge in [-0.2, -0.15) is 0 Å². The molecule has 8 heteroatoms. The molecule has 26 heavy (non-hydrogen) atoms. The second-order valence-corrected chi connectivity index (χ2v) is 7.14. The molecule has 1 saturated heterocycles. The monoisotopic (exact) mass is 354 g/mol. The number of para-hydroxylation sites is 1. The Morgan fingerprint density at radius 2 is 2.12 bits per heavy atom. The molecule has 2 N–H and O–H groups in total. The van der Waals surface area contributed by atoms with Gasteiger partial charge in [-0.25, -0.2) is 9.67 Å². The van der Waals surface area contributed by atoms with Gasteiger partial charge in [0.2, 0.25) is 5.95 Å². The van der Waals surface area contributed by atoms with Gasteiger partial charge in [0.15, 0.2) is 0 Å². The molecule has 3 heterocycles. The molecule has 8 nitrogen and oxygen atoms in total. The van der Waals surface area contributed by atoms with Crippen LogP contribution in [0.2, 0.25) is 0 Å². The standard InChI is InChI=1S/C18H22N6O2/c1-12(2)24-10-15(21-22-24)18(26)8-5-9-23(11-18)17-19-14-7-4-3-6-13(14)16(25)20-17/h3-4,6-7,10,12,26H,5,8-9,11H2,1-2H3,(H,19,20,25)/t18-/m0/s1. The van der Waals surface area contributed by atoms with Crippen molar-refractivity contribution in [3.63, 3.8) is 0 Å². The number of piperidine rings is 1. The van der Waals surface area contributed by atoms with E-state index in [9.17, 15) is 9.90 Å². The van der Waals surface area contributed by atoms with E-state index >= 15 is 0 Å². The van der Waals surface area contributed by atoms with E-state index in [2.05, 4.69) is 20.3 Å². The Kier molecular flexibility index (Phi) is 3.99. The van der Waals surface area contributed by atoms with Crippen LogP contribution in [0.4, 0.5) is 5.95 Å². The zero-order chi connectivity index (χ0) is 18.3. The molecule has 4 rings (SSSR count). The van der Waals surface area contributed by atoms with Crippen LogP contribution in [0.15, 0.2) is 35.3 Å². The van der Waals surface area contributed by atoms with Gasteiger partial charge >= 0.3 is 0 Å². The molecule has 0 bridgehead atoms. The Morgan fingerprint density at radius 1 is 1.31 bits per heavy atom. The van der Waals surface area contributed by atoms with Crippen LogP contribution < -0.4 is 10.5 Å². The number of rotatable bonds is 3. The van der Waals surface area contributed by atoms with Crippen molar-refractivity contribution in [3.05, 3.63) is 46.5 Å². The number of hydrogen-bond acceptors (Lipinski definition) is 6. The number of anilines is 1. The molecule has 1 fully saturated rings. The number of aliphatic hydroxyl groups is 1. The number of aromatic nitrogens is 5. The van der Waals surface area contributed by atoms with Gasteiger partial charge in [0.25, 0.3) is 5.56 Å². The predicted octanol–water partition coefficient (Wildman–Crippen LogP) is 1.58. The van der Waals surface area contributed by atoms with Crippen molar-refractivity contribution >= 4 is 16.9 Å². The smallest absolute Gasteiger partial charge is 0.260 e. The number of β-amino-alcohol motifs (C(OH)–C–C–N with tert-alkyl or cyclic N) is 1. The summed E-state index contributed by atoms with van der Waals surface area (Å²) in [6.45, 7) is 5.05. The van der Waals surface area contributed by atoms with Gasteiger partial charge in [-0.3, -0.25) is 9.78 Å². The minimum Gasteiger partial charge on any atom is -0.382 e. The highest BCUT2D eigenvalue weighted by atomic mass is 16.3. The lowest BCUT2D eigenvalue weighted by Crippen LogP contribution is -2.47. The molecule has 1 aromatic carbocycles. The summed E-state index contributed by atoms with van der Waals surface area (Å²) >= 11 is 0. The minimum absolute atomic E-state index is 0.175. The van der Waals surface area contributed by atoms with Crippen LogP contribution in [0.5, 0.6) is 0 Å². The average molecular weight is 354 g/mol. The third-order valence-corrected chi connectivity index (χ3v) is 4.89. The van der Waals surface area contributed by atoms with Gasteiger partial charge in [0.1, 0.15) is 11.3 Å². The Bertz CT molecular complexity index is 995. The fourth-order valence-corrected chi connectivity index (χ4v) is 3.39. The van der Waals surface area contributed by atoms with Gasteiger partial charge in [0, 0.05) is 12.6 Å². The molecule has 3 aromatic rings. The summed E-state index contributed by atoms with van der Waals surface area (Å²) in [5, 5.41) is 20.0. The lowest BCUT2D eigenvalue weighted by Gasteiger charge is -2.38. The van der Waals surface area contributed by atoms with E-state index in [-0.39, 0.29) is 11.6 Å². The van der Waals surface area contributed by atoms with Crippen molar-refractivity contribution in [1.82, 2.24) is 25.0 Å². The first-order chi connectivity index (χ1) is 12.5. The van der Waals surface area contributed by atoms with Gasteiger partial charge < -0.3 is 10.0 Å². The van der Waals surface area contributed by atoms with Crippen LogP contribution in [0.3, 0.4) is 0 Å². The van der Waals surface area contributed by atoms with E-state index in [1.54, 1.807) is 16.9 Å². The van der Waals surface area contributed by atoms with Crippen molar-refractivity contribution in [1.29, 1.82) is 0 Å². The van der Waals surface area contributed by atoms with Crippen molar-refractivity contribution in [3.8, 4) is 0 Å². The summed E-state index contributed by atoms with van der Waals surface area (Å²) in [6, 6.07) is 7.42. The molecule has 1 atom stereocenters. The molecular formula is C18H22N6O2. The highest BCUT2D eigenvalue weighted by molar-refractivity contribution is 5.78. The van der Waals surface area contributed by atoms with Crippen molar-refractivity contribution in [2.24, 2.45) is 0 Å². The highest BCUT2D eigenvalue weighted by Gasteiger charge is 2.38. The Balaban J connectivity index is 1.67. The number of nitrogens with zero attached hydrogens (tertiary/aromatic N) is 5. The maximum atomic E-state index is 12.3. The molecule has 2 aromatic heterocycles. The van der Waals surface area contributed by atoms with Crippen LogP contribution in [-0.4, -0.2) is 43.2 Å². The highest BCUT2D eigenvalue weighted by Crippen LogP contribution is 2.31. The van der Waals surface area contributed by atoms with Gasteiger partial charge in [-0.1, -0.05) is 17.3 Å². The zero-order valence-electron chi connectivity index (χ0n) is 14.9. The molecule has 0 radical (unpaired) electrons. The molecule has 0 aliphatic carbocycles. The third-order valence-electron chi connectivity index (χ3n) is 4.89. The van der Waals surface area contributed by atoms with Crippen molar-refractivity contribution in [2.45, 2.75) is 38.3 Å². The molecule has 0 unspecified atom stereocenters. The predicted molar refractivity (Wildman–Crippen MR) is 98.1 cm³/mol. The number of hydrogen-bond donors (Lipinski definition) is 2. The number of benzene rings is 1. The van der Waals surface area contributed by atoms with Gasteiger partial charge in [0.05, 0.1) is 23.6 Å². The minimum atomic E-state index is -1.12. The maximum absolute atomic E-state index is 12.3. The lowest BCUT2D eigenvalue weighted by molar-refractivity contribution is 0.0172. The maximum Gasteiger partial charge on any atom is 0.260 e. The van der Waals surface area contributed by atoms with Crippen LogP contribution in [0.25, 0.3) is 10.9 Å². The lowest BCUT2D eigenvalue weighted by atomic mass is 9.90. The summed E-state index contributed by atoms with van der Waals surface area (Å²) in [7, 11) is 0. The number of H-pyrrole nitrogens is 1. The normalized spacial score (nSPS) is 20.8. The second kappa shape index (κ2) is 6.21. The summed E-state index contributed by atoms with van der Waals surface area (Å²) in [4.78, 5) is 21.7. The summed E-state index contributed by atoms with van der Waals surface area (Å²) in [5.41, 5.74) is -0.0918. The first-order valence-corrected chi connectivity index (χ1v) is 8.85. The number of nitrogens with one attached hydrogen (secondary N) is 1. The molecule has 0 amide bonds. The van der Waals surface area contributed by atoms with Crippen LogP contribution in [-0.2, 0) is 5.60 Å². The van der Waals surface area contributed by atoms with E-state index < -0.39 is 5.60 Å². The fraction of sp³-hybridized carbons (Fsp3) is 0.444. The fourth-order valence-electron chi connectivity index (χ4n) is 3.39. The second-order valence-electron chi connectivity index (χ2n) is 7.14. The van der Waals surface area contributed by atoms with Crippen LogP contribution in [0, 0.1) is 0 Å². The molecule has 1 aliphatic heterocycles. The summed E-state index contributed by atoms with van der Waals surface area (Å²) in [6.07, 6.45) is 3.16. The largest absolute Gasteiger partial charge is 0.382 e. The molecule has 136 valence electrons. The summed E-state index contributed by atoms with van der Waals surface area (Å²) < 4.78 is 1.74. The van der Waals surface area contributed by atoms with Crippen LogP contribution >= 0.6 is 0 Å². The number of fused-ring (bicyclic) bond motifs is 1. The molecule has 0 saturated carbocycles. The third kappa shape index (κ3) is 2.86. The van der Waals surface area contributed by atoms with Crippen molar-refractivity contribution < 1.29 is 5.11 Å². The van der Waals surface area contributed by atoms with E-state index in [0.29, 0.717) is 42.1 Å². The Labute approximate surface area is 150 Å². The molecule has 0 spiro atoms. The van der Waals surface area contributed by atoms with E-state index in [1.807, 2.05) is 36.9 Å². The van der Waals surface area contributed by atoms with E-state index in [1.165, 1.54) is 0 Å². The first kappa shape index (κ1) is 16.7.